The molecule has 3 N–H and O–H groups in total. The molecule has 1 atom stereocenters. The second-order valence-electron chi connectivity index (χ2n) is 3.50. The number of aliphatic hydroxyl groups is 1. The SMILES string of the molecule is CCc1ccccc1C(CN)CCO. The molecule has 0 saturated heterocycles. The standard InChI is InChI=1S/C12H19NO/c1-2-10-5-3-4-6-12(10)11(9-13)7-8-14/h3-6,11,14H,2,7-9,13H2,1H3. The Morgan fingerprint density at radius 1 is 1.36 bits per heavy atom. The molecular formula is C12H19NO. The van der Waals surface area contributed by atoms with Gasteiger partial charge in [-0.2, -0.15) is 0 Å². The predicted octanol–water partition coefficient (Wildman–Crippen LogP) is 1.67. The van der Waals surface area contributed by atoms with Crippen LogP contribution in [-0.4, -0.2) is 18.3 Å². The minimum atomic E-state index is 0.208. The third kappa shape index (κ3) is 2.56. The molecule has 0 radical (unpaired) electrons. The van der Waals surface area contributed by atoms with Crippen LogP contribution in [0, 0.1) is 0 Å². The van der Waals surface area contributed by atoms with E-state index in [4.69, 9.17) is 10.8 Å². The molecule has 0 bridgehead atoms. The molecule has 0 aromatic heterocycles. The molecule has 78 valence electrons. The number of benzene rings is 1. The summed E-state index contributed by atoms with van der Waals surface area (Å²) >= 11 is 0. The average Bonchev–Trinajstić information content (AvgIpc) is 2.26. The lowest BCUT2D eigenvalue weighted by Gasteiger charge is -2.17. The van der Waals surface area contributed by atoms with E-state index in [0.29, 0.717) is 12.5 Å². The molecule has 2 nitrogen and oxygen atoms in total. The Balaban J connectivity index is 2.90. The van der Waals surface area contributed by atoms with E-state index in [0.717, 1.165) is 12.8 Å². The minimum Gasteiger partial charge on any atom is -0.396 e. The van der Waals surface area contributed by atoms with Crippen LogP contribution < -0.4 is 5.73 Å². The lowest BCUT2D eigenvalue weighted by molar-refractivity contribution is 0.276. The Hall–Kier alpha value is -0.860. The van der Waals surface area contributed by atoms with E-state index in [1.54, 1.807) is 0 Å². The summed E-state index contributed by atoms with van der Waals surface area (Å²) in [5.41, 5.74) is 8.34. The molecule has 0 aliphatic heterocycles. The van der Waals surface area contributed by atoms with E-state index >= 15 is 0 Å². The highest BCUT2D eigenvalue weighted by Gasteiger charge is 2.11. The topological polar surface area (TPSA) is 46.2 Å². The molecule has 0 saturated carbocycles. The lowest BCUT2D eigenvalue weighted by Crippen LogP contribution is -2.15. The summed E-state index contributed by atoms with van der Waals surface area (Å²) in [5, 5.41) is 8.94. The van der Waals surface area contributed by atoms with Crippen LogP contribution in [0.25, 0.3) is 0 Å². The van der Waals surface area contributed by atoms with Crippen LogP contribution in [0.2, 0.25) is 0 Å². The van der Waals surface area contributed by atoms with Gasteiger partial charge >= 0.3 is 0 Å². The van der Waals surface area contributed by atoms with Crippen LogP contribution in [0.3, 0.4) is 0 Å². The molecule has 0 aliphatic carbocycles. The van der Waals surface area contributed by atoms with Gasteiger partial charge in [0.15, 0.2) is 0 Å². The lowest BCUT2D eigenvalue weighted by atomic mass is 9.91. The summed E-state index contributed by atoms with van der Waals surface area (Å²) in [6.07, 6.45) is 1.78. The fourth-order valence-electron chi connectivity index (χ4n) is 1.81. The van der Waals surface area contributed by atoms with Gasteiger partial charge < -0.3 is 10.8 Å². The molecule has 1 unspecified atom stereocenters. The van der Waals surface area contributed by atoms with E-state index in [9.17, 15) is 0 Å². The molecule has 0 spiro atoms. The third-order valence-electron chi connectivity index (χ3n) is 2.64. The fraction of sp³-hybridized carbons (Fsp3) is 0.500. The summed E-state index contributed by atoms with van der Waals surface area (Å²) in [5.74, 6) is 0.302. The number of aryl methyl sites for hydroxylation is 1. The first-order valence-electron chi connectivity index (χ1n) is 5.22. The number of aliphatic hydroxyl groups excluding tert-OH is 1. The molecule has 0 heterocycles. The van der Waals surface area contributed by atoms with Crippen LogP contribution >= 0.6 is 0 Å². The third-order valence-corrected chi connectivity index (χ3v) is 2.64. The summed E-state index contributed by atoms with van der Waals surface area (Å²) in [6.45, 7) is 2.96. The van der Waals surface area contributed by atoms with Crippen molar-refractivity contribution in [2.75, 3.05) is 13.2 Å². The maximum absolute atomic E-state index is 8.94. The first-order chi connectivity index (χ1) is 6.83. The van der Waals surface area contributed by atoms with Crippen LogP contribution in [0.1, 0.15) is 30.4 Å². The molecule has 1 aromatic rings. The van der Waals surface area contributed by atoms with E-state index in [1.165, 1.54) is 11.1 Å². The molecule has 2 heteroatoms. The van der Waals surface area contributed by atoms with Crippen molar-refractivity contribution in [3.63, 3.8) is 0 Å². The van der Waals surface area contributed by atoms with Crippen molar-refractivity contribution in [2.45, 2.75) is 25.7 Å². The van der Waals surface area contributed by atoms with E-state index in [2.05, 4.69) is 25.1 Å². The maximum Gasteiger partial charge on any atom is 0.0437 e. The number of rotatable bonds is 5. The highest BCUT2D eigenvalue weighted by Crippen LogP contribution is 2.22. The molecule has 0 aliphatic rings. The van der Waals surface area contributed by atoms with Crippen LogP contribution in [0.4, 0.5) is 0 Å². The largest absolute Gasteiger partial charge is 0.396 e. The Morgan fingerprint density at radius 2 is 2.07 bits per heavy atom. The summed E-state index contributed by atoms with van der Waals surface area (Å²) < 4.78 is 0. The number of nitrogens with two attached hydrogens (primary N) is 1. The molecular weight excluding hydrogens is 174 g/mol. The quantitative estimate of drug-likeness (QED) is 0.747. The first-order valence-corrected chi connectivity index (χ1v) is 5.22. The van der Waals surface area contributed by atoms with Crippen LogP contribution in [-0.2, 0) is 6.42 Å². The van der Waals surface area contributed by atoms with Gasteiger partial charge in [0.1, 0.15) is 0 Å². The predicted molar refractivity (Wildman–Crippen MR) is 59.3 cm³/mol. The van der Waals surface area contributed by atoms with Crippen molar-refractivity contribution in [2.24, 2.45) is 5.73 Å². The zero-order valence-electron chi connectivity index (χ0n) is 8.74. The van der Waals surface area contributed by atoms with Gasteiger partial charge in [0.25, 0.3) is 0 Å². The monoisotopic (exact) mass is 193 g/mol. The molecule has 14 heavy (non-hydrogen) atoms. The highest BCUT2D eigenvalue weighted by atomic mass is 16.3. The van der Waals surface area contributed by atoms with E-state index in [1.807, 2.05) is 6.07 Å². The van der Waals surface area contributed by atoms with Crippen LogP contribution in [0.15, 0.2) is 24.3 Å². The normalized spacial score (nSPS) is 12.8. The van der Waals surface area contributed by atoms with Crippen molar-refractivity contribution < 1.29 is 5.11 Å². The second-order valence-corrected chi connectivity index (χ2v) is 3.50. The summed E-state index contributed by atoms with van der Waals surface area (Å²) in [7, 11) is 0. The molecule has 0 fully saturated rings. The van der Waals surface area contributed by atoms with Gasteiger partial charge in [-0.05, 0) is 36.4 Å². The highest BCUT2D eigenvalue weighted by molar-refractivity contribution is 5.30. The minimum absolute atomic E-state index is 0.208. The van der Waals surface area contributed by atoms with Gasteiger partial charge in [0.05, 0.1) is 0 Å². The van der Waals surface area contributed by atoms with E-state index in [-0.39, 0.29) is 6.61 Å². The zero-order valence-corrected chi connectivity index (χ0v) is 8.74. The van der Waals surface area contributed by atoms with Gasteiger partial charge in [-0.1, -0.05) is 31.2 Å². The number of hydrogen-bond donors (Lipinski definition) is 2. The summed E-state index contributed by atoms with van der Waals surface area (Å²) in [4.78, 5) is 0. The Bertz CT molecular complexity index is 273. The van der Waals surface area contributed by atoms with Crippen molar-refractivity contribution >= 4 is 0 Å². The van der Waals surface area contributed by atoms with Crippen LogP contribution in [0.5, 0.6) is 0 Å². The molecule has 1 aromatic carbocycles. The smallest absolute Gasteiger partial charge is 0.0437 e. The first kappa shape index (κ1) is 11.2. The second kappa shape index (κ2) is 5.78. The van der Waals surface area contributed by atoms with Crippen molar-refractivity contribution in [1.29, 1.82) is 0 Å². The Labute approximate surface area is 85.8 Å². The maximum atomic E-state index is 8.94. The summed E-state index contributed by atoms with van der Waals surface area (Å²) in [6, 6.07) is 8.34. The van der Waals surface area contributed by atoms with Gasteiger partial charge in [0, 0.05) is 6.61 Å². The Morgan fingerprint density at radius 3 is 2.64 bits per heavy atom. The number of hydrogen-bond acceptors (Lipinski definition) is 2. The Kier molecular flexibility index (Phi) is 4.63. The molecule has 0 amide bonds. The van der Waals surface area contributed by atoms with Gasteiger partial charge in [-0.3, -0.25) is 0 Å². The van der Waals surface area contributed by atoms with Gasteiger partial charge in [-0.15, -0.1) is 0 Å². The molecule has 1 rings (SSSR count). The van der Waals surface area contributed by atoms with Crippen molar-refractivity contribution in [3.05, 3.63) is 35.4 Å². The van der Waals surface area contributed by atoms with Crippen molar-refractivity contribution in [3.8, 4) is 0 Å². The van der Waals surface area contributed by atoms with Gasteiger partial charge in [-0.25, -0.2) is 0 Å². The zero-order chi connectivity index (χ0) is 10.4. The fourth-order valence-corrected chi connectivity index (χ4v) is 1.81. The van der Waals surface area contributed by atoms with E-state index < -0.39 is 0 Å². The average molecular weight is 193 g/mol. The van der Waals surface area contributed by atoms with Crippen molar-refractivity contribution in [1.82, 2.24) is 0 Å². The van der Waals surface area contributed by atoms with Gasteiger partial charge in [0.2, 0.25) is 0 Å².